The van der Waals surface area contributed by atoms with Crippen LogP contribution < -0.4 is 11.3 Å². The Balaban J connectivity index is 2.60. The zero-order chi connectivity index (χ0) is 14.9. The first-order chi connectivity index (χ1) is 9.34. The molecule has 0 bridgehead atoms. The highest BCUT2D eigenvalue weighted by atomic mass is 79.9. The predicted octanol–water partition coefficient (Wildman–Crippen LogP) is 3.75. The topological polar surface area (TPSA) is 51.2 Å². The van der Waals surface area contributed by atoms with Gasteiger partial charge < -0.3 is 4.42 Å². The average Bonchev–Trinajstić information content (AvgIpc) is 2.75. The number of benzene rings is 1. The second kappa shape index (κ2) is 5.55. The largest absolute Gasteiger partial charge is 0.466 e. The van der Waals surface area contributed by atoms with Crippen LogP contribution in [0.1, 0.15) is 22.9 Å². The van der Waals surface area contributed by atoms with E-state index in [1.807, 2.05) is 0 Å². The number of alkyl halides is 3. The number of furan rings is 1. The summed E-state index contributed by atoms with van der Waals surface area (Å²) in [7, 11) is 0. The molecule has 0 spiro atoms. The molecule has 1 unspecified atom stereocenters. The zero-order valence-electron chi connectivity index (χ0n) is 9.84. The summed E-state index contributed by atoms with van der Waals surface area (Å²) < 4.78 is 57.8. The van der Waals surface area contributed by atoms with Gasteiger partial charge in [-0.25, -0.2) is 9.82 Å². The Morgan fingerprint density at radius 2 is 1.95 bits per heavy atom. The normalized spacial score (nSPS) is 13.5. The van der Waals surface area contributed by atoms with Crippen molar-refractivity contribution in [3.05, 3.63) is 57.7 Å². The van der Waals surface area contributed by atoms with Crippen molar-refractivity contribution in [1.82, 2.24) is 5.43 Å². The summed E-state index contributed by atoms with van der Waals surface area (Å²) >= 11 is 3.13. The van der Waals surface area contributed by atoms with Crippen molar-refractivity contribution in [2.75, 3.05) is 0 Å². The maximum Gasteiger partial charge on any atom is 0.416 e. The molecule has 2 aromatic rings. The Morgan fingerprint density at radius 3 is 2.45 bits per heavy atom. The number of halogens is 5. The molecule has 8 heteroatoms. The van der Waals surface area contributed by atoms with Crippen LogP contribution in [-0.2, 0) is 6.18 Å². The molecule has 0 aliphatic heterocycles. The highest BCUT2D eigenvalue weighted by molar-refractivity contribution is 9.10. The fourth-order valence-electron chi connectivity index (χ4n) is 1.85. The van der Waals surface area contributed by atoms with E-state index in [-0.39, 0.29) is 11.3 Å². The van der Waals surface area contributed by atoms with Crippen molar-refractivity contribution in [2.24, 2.45) is 5.84 Å². The SMILES string of the molecule is NNC(c1cc(F)ccc1C(F)(F)F)c1occc1Br. The molecular weight excluding hydrogens is 344 g/mol. The Labute approximate surface area is 119 Å². The van der Waals surface area contributed by atoms with Crippen LogP contribution in [-0.4, -0.2) is 0 Å². The minimum atomic E-state index is -4.63. The predicted molar refractivity (Wildman–Crippen MR) is 67.0 cm³/mol. The molecule has 1 aromatic carbocycles. The first-order valence-corrected chi connectivity index (χ1v) is 6.19. The number of nitrogens with one attached hydrogen (secondary N) is 1. The van der Waals surface area contributed by atoms with Gasteiger partial charge in [0.05, 0.1) is 16.3 Å². The Kier molecular flexibility index (Phi) is 4.17. The third-order valence-electron chi connectivity index (χ3n) is 2.70. The Bertz CT molecular complexity index is 612. The van der Waals surface area contributed by atoms with Gasteiger partial charge in [-0.05, 0) is 45.8 Å². The molecule has 0 fully saturated rings. The molecule has 1 atom stereocenters. The van der Waals surface area contributed by atoms with Crippen LogP contribution in [0.15, 0.2) is 39.4 Å². The monoisotopic (exact) mass is 352 g/mol. The van der Waals surface area contributed by atoms with Gasteiger partial charge in [-0.1, -0.05) is 0 Å². The summed E-state index contributed by atoms with van der Waals surface area (Å²) in [5, 5.41) is 0. The van der Waals surface area contributed by atoms with E-state index in [1.54, 1.807) is 0 Å². The van der Waals surface area contributed by atoms with Gasteiger partial charge in [0.1, 0.15) is 17.6 Å². The summed E-state index contributed by atoms with van der Waals surface area (Å²) in [4.78, 5) is 0. The van der Waals surface area contributed by atoms with E-state index in [9.17, 15) is 17.6 Å². The molecule has 3 N–H and O–H groups in total. The smallest absolute Gasteiger partial charge is 0.416 e. The van der Waals surface area contributed by atoms with Crippen molar-refractivity contribution in [2.45, 2.75) is 12.2 Å². The van der Waals surface area contributed by atoms with Crippen LogP contribution in [0.25, 0.3) is 0 Å². The molecule has 0 aliphatic carbocycles. The van der Waals surface area contributed by atoms with E-state index >= 15 is 0 Å². The number of hydrazine groups is 1. The van der Waals surface area contributed by atoms with Crippen LogP contribution in [0.4, 0.5) is 17.6 Å². The molecule has 0 aliphatic rings. The number of hydrogen-bond donors (Lipinski definition) is 2. The van der Waals surface area contributed by atoms with E-state index in [2.05, 4.69) is 21.4 Å². The van der Waals surface area contributed by atoms with Crippen molar-refractivity contribution in [3.8, 4) is 0 Å². The van der Waals surface area contributed by atoms with E-state index in [4.69, 9.17) is 10.3 Å². The lowest BCUT2D eigenvalue weighted by atomic mass is 9.98. The van der Waals surface area contributed by atoms with Gasteiger partial charge in [0.15, 0.2) is 0 Å². The molecule has 0 saturated heterocycles. The first-order valence-electron chi connectivity index (χ1n) is 5.40. The van der Waals surface area contributed by atoms with Gasteiger partial charge in [-0.15, -0.1) is 0 Å². The molecule has 3 nitrogen and oxygen atoms in total. The lowest BCUT2D eigenvalue weighted by Gasteiger charge is -2.20. The highest BCUT2D eigenvalue weighted by Crippen LogP contribution is 2.38. The van der Waals surface area contributed by atoms with Crippen molar-refractivity contribution < 1.29 is 22.0 Å². The quantitative estimate of drug-likeness (QED) is 0.502. The summed E-state index contributed by atoms with van der Waals surface area (Å²) in [5.41, 5.74) is 0.878. The van der Waals surface area contributed by atoms with Gasteiger partial charge in [-0.3, -0.25) is 5.84 Å². The van der Waals surface area contributed by atoms with Gasteiger partial charge in [0, 0.05) is 0 Å². The minimum Gasteiger partial charge on any atom is -0.466 e. The molecule has 1 heterocycles. The first kappa shape index (κ1) is 15.0. The number of rotatable bonds is 3. The Morgan fingerprint density at radius 1 is 1.25 bits per heavy atom. The van der Waals surface area contributed by atoms with E-state index in [1.165, 1.54) is 12.3 Å². The van der Waals surface area contributed by atoms with Crippen LogP contribution >= 0.6 is 15.9 Å². The summed E-state index contributed by atoms with van der Waals surface area (Å²) in [6, 6.07) is 2.57. The molecule has 0 saturated carbocycles. The second-order valence-electron chi connectivity index (χ2n) is 3.96. The van der Waals surface area contributed by atoms with Crippen LogP contribution in [0.3, 0.4) is 0 Å². The zero-order valence-corrected chi connectivity index (χ0v) is 11.4. The van der Waals surface area contributed by atoms with Gasteiger partial charge in [0.25, 0.3) is 0 Å². The Hall–Kier alpha value is -1.38. The van der Waals surface area contributed by atoms with Gasteiger partial charge >= 0.3 is 6.18 Å². The molecule has 2 rings (SSSR count). The van der Waals surface area contributed by atoms with Gasteiger partial charge in [0.2, 0.25) is 0 Å². The van der Waals surface area contributed by atoms with E-state index < -0.39 is 23.6 Å². The molecule has 0 radical (unpaired) electrons. The molecule has 20 heavy (non-hydrogen) atoms. The minimum absolute atomic E-state index is 0.128. The maximum atomic E-state index is 13.3. The summed E-state index contributed by atoms with van der Waals surface area (Å²) in [6.07, 6.45) is -3.34. The van der Waals surface area contributed by atoms with Crippen molar-refractivity contribution in [3.63, 3.8) is 0 Å². The van der Waals surface area contributed by atoms with E-state index in [0.29, 0.717) is 10.5 Å². The van der Waals surface area contributed by atoms with Crippen LogP contribution in [0, 0.1) is 5.82 Å². The average molecular weight is 353 g/mol. The lowest BCUT2D eigenvalue weighted by Crippen LogP contribution is -2.30. The van der Waals surface area contributed by atoms with Crippen molar-refractivity contribution >= 4 is 15.9 Å². The molecule has 1 aromatic heterocycles. The standard InChI is InChI=1S/C12H9BrF4N2O/c13-9-3-4-20-11(9)10(19-18)7-5-6(14)1-2-8(7)12(15,16)17/h1-5,10,19H,18H2. The van der Waals surface area contributed by atoms with Crippen molar-refractivity contribution in [1.29, 1.82) is 0 Å². The molecule has 108 valence electrons. The van der Waals surface area contributed by atoms with Crippen LogP contribution in [0.5, 0.6) is 0 Å². The third-order valence-corrected chi connectivity index (χ3v) is 3.36. The van der Waals surface area contributed by atoms with Gasteiger partial charge in [-0.2, -0.15) is 13.2 Å². The fraction of sp³-hybridized carbons (Fsp3) is 0.167. The highest BCUT2D eigenvalue weighted by Gasteiger charge is 2.36. The van der Waals surface area contributed by atoms with Crippen LogP contribution in [0.2, 0.25) is 0 Å². The second-order valence-corrected chi connectivity index (χ2v) is 4.82. The fourth-order valence-corrected chi connectivity index (χ4v) is 2.28. The molecular formula is C12H9BrF4N2O. The molecule has 0 amide bonds. The maximum absolute atomic E-state index is 13.3. The lowest BCUT2D eigenvalue weighted by molar-refractivity contribution is -0.138. The number of nitrogens with two attached hydrogens (primary N) is 1. The third kappa shape index (κ3) is 2.87. The summed E-state index contributed by atoms with van der Waals surface area (Å²) in [6.45, 7) is 0. The number of hydrogen-bond acceptors (Lipinski definition) is 3. The summed E-state index contributed by atoms with van der Waals surface area (Å²) in [5.74, 6) is 4.64. The van der Waals surface area contributed by atoms with E-state index in [0.717, 1.165) is 12.1 Å².